The Morgan fingerprint density at radius 3 is 2.21 bits per heavy atom. The lowest BCUT2D eigenvalue weighted by molar-refractivity contribution is 0.497. The Kier molecular flexibility index (Phi) is 8.81. The minimum atomic E-state index is 1.00. The Balaban J connectivity index is 0.000000500. The molecule has 0 aromatic rings. The van der Waals surface area contributed by atoms with Crippen molar-refractivity contribution in [3.63, 3.8) is 0 Å². The SMILES string of the molecule is C=C(CCC1CCCC1)NC.CCC. The van der Waals surface area contributed by atoms with Crippen molar-refractivity contribution in [3.8, 4) is 0 Å². The highest BCUT2D eigenvalue weighted by atomic mass is 14.8. The van der Waals surface area contributed by atoms with Crippen LogP contribution in [0.2, 0.25) is 0 Å². The van der Waals surface area contributed by atoms with Crippen molar-refractivity contribution in [1.29, 1.82) is 0 Å². The van der Waals surface area contributed by atoms with E-state index in [-0.39, 0.29) is 0 Å². The molecule has 0 aromatic carbocycles. The first kappa shape index (κ1) is 13.5. The molecule has 1 heteroatoms. The van der Waals surface area contributed by atoms with Crippen LogP contribution in [0.1, 0.15) is 58.8 Å². The molecule has 1 aliphatic rings. The normalized spacial score (nSPS) is 15.9. The van der Waals surface area contributed by atoms with E-state index in [2.05, 4.69) is 25.7 Å². The van der Waals surface area contributed by atoms with Gasteiger partial charge in [-0.15, -0.1) is 0 Å². The third-order valence-electron chi connectivity index (χ3n) is 2.68. The van der Waals surface area contributed by atoms with Crippen molar-refractivity contribution >= 4 is 0 Å². The summed E-state index contributed by atoms with van der Waals surface area (Å²) in [5, 5.41) is 3.09. The fourth-order valence-corrected chi connectivity index (χ4v) is 1.80. The molecule has 1 nitrogen and oxygen atoms in total. The van der Waals surface area contributed by atoms with Crippen molar-refractivity contribution in [2.45, 2.75) is 58.8 Å². The highest BCUT2D eigenvalue weighted by molar-refractivity contribution is 4.89. The third kappa shape index (κ3) is 6.99. The lowest BCUT2D eigenvalue weighted by Gasteiger charge is -2.09. The summed E-state index contributed by atoms with van der Waals surface area (Å²) >= 11 is 0. The summed E-state index contributed by atoms with van der Waals surface area (Å²) < 4.78 is 0. The van der Waals surface area contributed by atoms with Crippen molar-refractivity contribution in [2.24, 2.45) is 5.92 Å². The second-order valence-electron chi connectivity index (χ2n) is 4.25. The second-order valence-corrected chi connectivity index (χ2v) is 4.25. The highest BCUT2D eigenvalue weighted by Crippen LogP contribution is 2.28. The molecular formula is C13H27N. The summed E-state index contributed by atoms with van der Waals surface area (Å²) in [4.78, 5) is 0. The largest absolute Gasteiger partial charge is 0.392 e. The zero-order valence-corrected chi connectivity index (χ0v) is 10.2. The first-order chi connectivity index (χ1) is 6.74. The maximum atomic E-state index is 3.92. The van der Waals surface area contributed by atoms with Gasteiger partial charge in [-0.25, -0.2) is 0 Å². The van der Waals surface area contributed by atoms with E-state index < -0.39 is 0 Å². The number of allylic oxidation sites excluding steroid dienone is 1. The molecule has 0 spiro atoms. The molecule has 1 rings (SSSR count). The second kappa shape index (κ2) is 9.11. The van der Waals surface area contributed by atoms with Gasteiger partial charge in [0.2, 0.25) is 0 Å². The Morgan fingerprint density at radius 1 is 1.29 bits per heavy atom. The van der Waals surface area contributed by atoms with Gasteiger partial charge in [-0.3, -0.25) is 0 Å². The molecule has 0 heterocycles. The predicted octanol–water partition coefficient (Wildman–Crippen LogP) is 4.11. The molecule has 84 valence electrons. The van der Waals surface area contributed by atoms with Crippen LogP contribution >= 0.6 is 0 Å². The predicted molar refractivity (Wildman–Crippen MR) is 65.4 cm³/mol. The molecule has 1 saturated carbocycles. The first-order valence-corrected chi connectivity index (χ1v) is 6.10. The standard InChI is InChI=1S/C10H19N.C3H8/c1-9(11-2)7-8-10-5-3-4-6-10;1-3-2/h10-11H,1,3-8H2,2H3;3H2,1-2H3. The van der Waals surface area contributed by atoms with Gasteiger partial charge in [-0.1, -0.05) is 52.5 Å². The lowest BCUT2D eigenvalue weighted by Crippen LogP contribution is -2.05. The van der Waals surface area contributed by atoms with E-state index in [1.54, 1.807) is 0 Å². The van der Waals surface area contributed by atoms with Crippen LogP contribution in [0.15, 0.2) is 12.3 Å². The maximum Gasteiger partial charge on any atom is 0.00311 e. The number of hydrogen-bond donors (Lipinski definition) is 1. The van der Waals surface area contributed by atoms with Crippen LogP contribution in [-0.2, 0) is 0 Å². The van der Waals surface area contributed by atoms with Gasteiger partial charge in [0.15, 0.2) is 0 Å². The van der Waals surface area contributed by atoms with Crippen LogP contribution in [0.5, 0.6) is 0 Å². The smallest absolute Gasteiger partial charge is 0.00311 e. The highest BCUT2D eigenvalue weighted by Gasteiger charge is 2.14. The summed E-state index contributed by atoms with van der Waals surface area (Å²) in [6.07, 6.45) is 9.59. The third-order valence-corrected chi connectivity index (χ3v) is 2.68. The van der Waals surface area contributed by atoms with E-state index in [0.717, 1.165) is 5.92 Å². The van der Waals surface area contributed by atoms with Crippen LogP contribution in [0.4, 0.5) is 0 Å². The van der Waals surface area contributed by atoms with Gasteiger partial charge in [-0.2, -0.15) is 0 Å². The van der Waals surface area contributed by atoms with Crippen LogP contribution in [0, 0.1) is 5.92 Å². The van der Waals surface area contributed by atoms with Crippen LogP contribution < -0.4 is 5.32 Å². The van der Waals surface area contributed by atoms with Crippen molar-refractivity contribution in [1.82, 2.24) is 5.32 Å². The molecule has 0 radical (unpaired) electrons. The molecule has 0 bridgehead atoms. The zero-order valence-electron chi connectivity index (χ0n) is 10.2. The average Bonchev–Trinajstić information content (AvgIpc) is 2.68. The zero-order chi connectivity index (χ0) is 10.8. The van der Waals surface area contributed by atoms with Gasteiger partial charge in [0.05, 0.1) is 0 Å². The molecule has 0 atom stereocenters. The van der Waals surface area contributed by atoms with E-state index >= 15 is 0 Å². The molecule has 0 aliphatic heterocycles. The maximum absolute atomic E-state index is 3.92. The Labute approximate surface area is 90.0 Å². The fraction of sp³-hybridized carbons (Fsp3) is 0.846. The van der Waals surface area contributed by atoms with Gasteiger partial charge in [0.25, 0.3) is 0 Å². The molecule has 0 aromatic heterocycles. The summed E-state index contributed by atoms with van der Waals surface area (Å²) in [7, 11) is 1.96. The summed E-state index contributed by atoms with van der Waals surface area (Å²) in [5.41, 5.74) is 1.19. The van der Waals surface area contributed by atoms with Crippen LogP contribution in [-0.4, -0.2) is 7.05 Å². The van der Waals surface area contributed by atoms with Gasteiger partial charge >= 0.3 is 0 Å². The molecule has 1 N–H and O–H groups in total. The van der Waals surface area contributed by atoms with E-state index in [4.69, 9.17) is 0 Å². The summed E-state index contributed by atoms with van der Waals surface area (Å²) in [5.74, 6) is 1.00. The molecule has 0 saturated heterocycles. The van der Waals surface area contributed by atoms with Crippen molar-refractivity contribution in [3.05, 3.63) is 12.3 Å². The average molecular weight is 197 g/mol. The van der Waals surface area contributed by atoms with Gasteiger partial charge in [-0.05, 0) is 18.8 Å². The summed E-state index contributed by atoms with van der Waals surface area (Å²) in [6, 6.07) is 0. The van der Waals surface area contributed by atoms with E-state index in [1.807, 2.05) is 7.05 Å². The minimum Gasteiger partial charge on any atom is -0.392 e. The lowest BCUT2D eigenvalue weighted by atomic mass is 10.0. The topological polar surface area (TPSA) is 12.0 Å². The first-order valence-electron chi connectivity index (χ1n) is 6.10. The number of rotatable bonds is 4. The Bertz CT molecular complexity index is 134. The molecule has 0 amide bonds. The van der Waals surface area contributed by atoms with Crippen molar-refractivity contribution < 1.29 is 0 Å². The summed E-state index contributed by atoms with van der Waals surface area (Å²) in [6.45, 7) is 8.17. The molecule has 1 aliphatic carbocycles. The molecule has 1 fully saturated rings. The van der Waals surface area contributed by atoms with E-state index in [0.29, 0.717) is 0 Å². The van der Waals surface area contributed by atoms with Crippen LogP contribution in [0.3, 0.4) is 0 Å². The fourth-order valence-electron chi connectivity index (χ4n) is 1.80. The quantitative estimate of drug-likeness (QED) is 0.715. The minimum absolute atomic E-state index is 1.00. The number of nitrogens with one attached hydrogen (secondary N) is 1. The monoisotopic (exact) mass is 197 g/mol. The Hall–Kier alpha value is -0.460. The van der Waals surface area contributed by atoms with Crippen molar-refractivity contribution in [2.75, 3.05) is 7.05 Å². The molecular weight excluding hydrogens is 170 g/mol. The van der Waals surface area contributed by atoms with E-state index in [9.17, 15) is 0 Å². The number of hydrogen-bond acceptors (Lipinski definition) is 1. The van der Waals surface area contributed by atoms with Gasteiger partial charge in [0, 0.05) is 12.7 Å². The van der Waals surface area contributed by atoms with Gasteiger partial charge in [0.1, 0.15) is 0 Å². The van der Waals surface area contributed by atoms with E-state index in [1.165, 1.54) is 50.6 Å². The molecule has 14 heavy (non-hydrogen) atoms. The van der Waals surface area contributed by atoms with Gasteiger partial charge < -0.3 is 5.32 Å². The molecule has 0 unspecified atom stereocenters. The van der Waals surface area contributed by atoms with Crippen LogP contribution in [0.25, 0.3) is 0 Å². The Morgan fingerprint density at radius 2 is 1.79 bits per heavy atom.